The van der Waals surface area contributed by atoms with Crippen LogP contribution in [0.4, 0.5) is 10.2 Å². The molecule has 1 aliphatic rings. The van der Waals surface area contributed by atoms with Crippen LogP contribution in [0.5, 0.6) is 0 Å². The second kappa shape index (κ2) is 10.8. The molecule has 2 unspecified atom stereocenters. The Morgan fingerprint density at radius 2 is 1.85 bits per heavy atom. The number of aryl methyl sites for hydroxylation is 2. The van der Waals surface area contributed by atoms with Gasteiger partial charge in [-0.05, 0) is 71.4 Å². The van der Waals surface area contributed by atoms with Crippen molar-refractivity contribution in [2.24, 2.45) is 5.92 Å². The first-order chi connectivity index (χ1) is 19.0. The van der Waals surface area contributed by atoms with E-state index in [0.717, 1.165) is 5.56 Å². The van der Waals surface area contributed by atoms with E-state index in [0.29, 0.717) is 40.3 Å². The number of likely N-dealkylation sites (tertiary alicyclic amines) is 1. The minimum absolute atomic E-state index is 0.0394. The molecule has 12 heteroatoms. The summed E-state index contributed by atoms with van der Waals surface area (Å²) in [5.41, 5.74) is 1.95. The number of nitrogens with one attached hydrogen (secondary N) is 1. The number of hydrogen-bond acceptors (Lipinski definition) is 7. The highest BCUT2D eigenvalue weighted by Gasteiger charge is 2.38. The molecule has 3 aromatic heterocycles. The molecule has 10 nitrogen and oxygen atoms in total. The number of aromatic nitrogens is 5. The fraction of sp³-hybridized carbons (Fsp3) is 0.321. The standard InChI is InChI=1S/C28H27BrFN7O3/c1-14-7-22(28(40)34-27-15(2)5-6-23(29)33-27)36(12-14)24(39)13-37-26-20(25(35-37)16(3)38)8-18(9-21(26)30)19-10-31-17(4)32-11-19/h5-6,8-11,14,22H,7,12-13H2,1-4H3,(H,33,34,40). The zero-order chi connectivity index (χ0) is 28.7. The third-order valence-corrected chi connectivity index (χ3v) is 7.41. The van der Waals surface area contributed by atoms with Crippen LogP contribution in [0, 0.1) is 25.6 Å². The molecular formula is C28H27BrFN7O3. The lowest BCUT2D eigenvalue weighted by Gasteiger charge is -2.24. The van der Waals surface area contributed by atoms with Crippen molar-refractivity contribution < 1.29 is 18.8 Å². The highest BCUT2D eigenvalue weighted by atomic mass is 79.9. The summed E-state index contributed by atoms with van der Waals surface area (Å²) in [6, 6.07) is 5.84. The van der Waals surface area contributed by atoms with Gasteiger partial charge in [0.2, 0.25) is 11.8 Å². The van der Waals surface area contributed by atoms with Gasteiger partial charge in [0.25, 0.3) is 0 Å². The first-order valence-electron chi connectivity index (χ1n) is 12.7. The molecule has 2 amide bonds. The van der Waals surface area contributed by atoms with Gasteiger partial charge in [-0.3, -0.25) is 19.1 Å². The predicted molar refractivity (Wildman–Crippen MR) is 150 cm³/mol. The number of pyridine rings is 1. The molecule has 206 valence electrons. The van der Waals surface area contributed by atoms with Gasteiger partial charge < -0.3 is 10.2 Å². The van der Waals surface area contributed by atoms with E-state index in [-0.39, 0.29) is 40.7 Å². The largest absolute Gasteiger partial charge is 0.329 e. The number of anilines is 1. The second-order valence-corrected chi connectivity index (χ2v) is 10.9. The normalized spacial score (nSPS) is 16.9. The molecule has 5 rings (SSSR count). The van der Waals surface area contributed by atoms with Crippen molar-refractivity contribution in [3.63, 3.8) is 0 Å². The molecule has 0 spiro atoms. The van der Waals surface area contributed by atoms with Gasteiger partial charge in [-0.2, -0.15) is 5.10 Å². The van der Waals surface area contributed by atoms with Crippen molar-refractivity contribution >= 4 is 50.2 Å². The SMILES string of the molecule is CC(=O)c1nn(CC(=O)N2CC(C)CC2C(=O)Nc2nc(Br)ccc2C)c2c(F)cc(-c3cnc(C)nc3)cc12. The molecule has 1 saturated heterocycles. The van der Waals surface area contributed by atoms with Crippen LogP contribution in [-0.4, -0.2) is 59.8 Å². The zero-order valence-electron chi connectivity index (χ0n) is 22.4. The number of benzene rings is 1. The smallest absolute Gasteiger partial charge is 0.248 e. The Bertz CT molecular complexity index is 1650. The van der Waals surface area contributed by atoms with Crippen LogP contribution in [0.2, 0.25) is 0 Å². The molecule has 2 atom stereocenters. The van der Waals surface area contributed by atoms with Gasteiger partial charge in [0.1, 0.15) is 45.9 Å². The maximum atomic E-state index is 15.5. The number of carbonyl (C=O) groups is 3. The molecule has 0 radical (unpaired) electrons. The van der Waals surface area contributed by atoms with Gasteiger partial charge in [0.05, 0.1) is 0 Å². The zero-order valence-corrected chi connectivity index (χ0v) is 24.0. The predicted octanol–water partition coefficient (Wildman–Crippen LogP) is 4.49. The molecule has 1 aliphatic heterocycles. The fourth-order valence-corrected chi connectivity index (χ4v) is 5.28. The summed E-state index contributed by atoms with van der Waals surface area (Å²) in [5, 5.41) is 7.44. The van der Waals surface area contributed by atoms with Gasteiger partial charge in [0.15, 0.2) is 5.78 Å². The Labute approximate surface area is 238 Å². The van der Waals surface area contributed by atoms with Crippen molar-refractivity contribution in [1.29, 1.82) is 0 Å². The van der Waals surface area contributed by atoms with Crippen LogP contribution in [0.3, 0.4) is 0 Å². The Morgan fingerprint density at radius 3 is 2.55 bits per heavy atom. The fourth-order valence-electron chi connectivity index (χ4n) is 4.97. The summed E-state index contributed by atoms with van der Waals surface area (Å²) >= 11 is 3.31. The van der Waals surface area contributed by atoms with Gasteiger partial charge in [-0.1, -0.05) is 13.0 Å². The summed E-state index contributed by atoms with van der Waals surface area (Å²) in [7, 11) is 0. The third kappa shape index (κ3) is 5.35. The first-order valence-corrected chi connectivity index (χ1v) is 13.5. The minimum Gasteiger partial charge on any atom is -0.329 e. The maximum absolute atomic E-state index is 15.5. The molecule has 1 N–H and O–H groups in total. The van der Waals surface area contributed by atoms with Crippen LogP contribution < -0.4 is 5.32 Å². The van der Waals surface area contributed by atoms with Crippen LogP contribution in [0.25, 0.3) is 22.0 Å². The number of nitrogens with zero attached hydrogens (tertiary/aromatic N) is 6. The summed E-state index contributed by atoms with van der Waals surface area (Å²) < 4.78 is 17.3. The molecule has 1 fully saturated rings. The summed E-state index contributed by atoms with van der Waals surface area (Å²) in [6.45, 7) is 6.91. The Balaban J connectivity index is 1.45. The van der Waals surface area contributed by atoms with Crippen LogP contribution in [-0.2, 0) is 16.1 Å². The van der Waals surface area contributed by atoms with Gasteiger partial charge >= 0.3 is 0 Å². The Kier molecular flexibility index (Phi) is 7.45. The van der Waals surface area contributed by atoms with Gasteiger partial charge in [-0.15, -0.1) is 0 Å². The lowest BCUT2D eigenvalue weighted by Crippen LogP contribution is -2.44. The summed E-state index contributed by atoms with van der Waals surface area (Å²) in [6.07, 6.45) is 3.63. The molecule has 0 bridgehead atoms. The first kappa shape index (κ1) is 27.5. The van der Waals surface area contributed by atoms with Crippen molar-refractivity contribution in [3.05, 3.63) is 64.2 Å². The molecule has 0 saturated carbocycles. The highest BCUT2D eigenvalue weighted by Crippen LogP contribution is 2.30. The maximum Gasteiger partial charge on any atom is 0.248 e. The summed E-state index contributed by atoms with van der Waals surface area (Å²) in [4.78, 5) is 53.4. The van der Waals surface area contributed by atoms with E-state index in [2.05, 4.69) is 41.3 Å². The van der Waals surface area contributed by atoms with E-state index in [1.165, 1.54) is 22.6 Å². The average molecular weight is 608 g/mol. The van der Waals surface area contributed by atoms with E-state index >= 15 is 4.39 Å². The van der Waals surface area contributed by atoms with Gasteiger partial charge in [0, 0.05) is 36.8 Å². The van der Waals surface area contributed by atoms with E-state index in [1.54, 1.807) is 31.5 Å². The van der Waals surface area contributed by atoms with Crippen molar-refractivity contribution in [2.75, 3.05) is 11.9 Å². The molecular weight excluding hydrogens is 581 g/mol. The molecule has 4 aromatic rings. The molecule has 1 aromatic carbocycles. The Morgan fingerprint density at radius 1 is 1.12 bits per heavy atom. The van der Waals surface area contributed by atoms with Crippen molar-refractivity contribution in [3.8, 4) is 11.1 Å². The van der Waals surface area contributed by atoms with E-state index < -0.39 is 17.8 Å². The van der Waals surface area contributed by atoms with E-state index in [1.807, 2.05) is 19.9 Å². The minimum atomic E-state index is -0.727. The quantitative estimate of drug-likeness (QED) is 0.253. The lowest BCUT2D eigenvalue weighted by molar-refractivity contribution is -0.137. The molecule has 4 heterocycles. The number of Topliss-reactive ketones (excluding diaryl/α,β-unsaturated/α-hetero) is 1. The van der Waals surface area contributed by atoms with Gasteiger partial charge in [-0.25, -0.2) is 19.3 Å². The lowest BCUT2D eigenvalue weighted by atomic mass is 10.0. The molecule has 0 aliphatic carbocycles. The number of fused-ring (bicyclic) bond motifs is 1. The highest BCUT2D eigenvalue weighted by molar-refractivity contribution is 9.10. The van der Waals surface area contributed by atoms with Crippen LogP contribution >= 0.6 is 15.9 Å². The number of rotatable bonds is 6. The van der Waals surface area contributed by atoms with Crippen molar-refractivity contribution in [2.45, 2.75) is 46.7 Å². The number of ketones is 1. The third-order valence-electron chi connectivity index (χ3n) is 6.97. The number of hydrogen-bond donors (Lipinski definition) is 1. The number of amides is 2. The van der Waals surface area contributed by atoms with Crippen LogP contribution in [0.1, 0.15) is 42.1 Å². The monoisotopic (exact) mass is 607 g/mol. The van der Waals surface area contributed by atoms with Crippen molar-refractivity contribution in [1.82, 2.24) is 29.6 Å². The second-order valence-electron chi connectivity index (χ2n) is 10.1. The van der Waals surface area contributed by atoms with Crippen LogP contribution in [0.15, 0.2) is 41.3 Å². The summed E-state index contributed by atoms with van der Waals surface area (Å²) in [5.74, 6) is -0.692. The number of carbonyl (C=O) groups excluding carboxylic acids is 3. The average Bonchev–Trinajstić information content (AvgIpc) is 3.48. The Hall–Kier alpha value is -4.06. The molecule has 40 heavy (non-hydrogen) atoms. The topological polar surface area (TPSA) is 123 Å². The van der Waals surface area contributed by atoms with E-state index in [9.17, 15) is 14.4 Å². The number of halogens is 2. The van der Waals surface area contributed by atoms with E-state index in [4.69, 9.17) is 0 Å².